The van der Waals surface area contributed by atoms with Gasteiger partial charge in [0.05, 0.1) is 3.79 Å². The number of carbonyl (C=O) groups excluding carboxylic acids is 1. The SMILES string of the molecule is CC(C)NC(=O)CCNC(C)c1ccc(Br)s1. The monoisotopic (exact) mass is 318 g/mol. The van der Waals surface area contributed by atoms with Gasteiger partial charge in [0.15, 0.2) is 0 Å². The molecule has 0 spiro atoms. The molecule has 0 aliphatic carbocycles. The lowest BCUT2D eigenvalue weighted by molar-refractivity contribution is -0.121. The Morgan fingerprint density at radius 1 is 1.41 bits per heavy atom. The van der Waals surface area contributed by atoms with Crippen molar-refractivity contribution in [3.63, 3.8) is 0 Å². The number of carbonyl (C=O) groups is 1. The fraction of sp³-hybridized carbons (Fsp3) is 0.583. The summed E-state index contributed by atoms with van der Waals surface area (Å²) < 4.78 is 1.14. The van der Waals surface area contributed by atoms with Crippen LogP contribution in [0.3, 0.4) is 0 Å². The molecule has 1 atom stereocenters. The average molecular weight is 319 g/mol. The van der Waals surface area contributed by atoms with Crippen molar-refractivity contribution in [2.75, 3.05) is 6.54 Å². The Morgan fingerprint density at radius 2 is 2.12 bits per heavy atom. The van der Waals surface area contributed by atoms with Crippen LogP contribution in [0.25, 0.3) is 0 Å². The summed E-state index contributed by atoms with van der Waals surface area (Å²) in [5, 5.41) is 6.22. The predicted molar refractivity (Wildman–Crippen MR) is 76.3 cm³/mol. The quantitative estimate of drug-likeness (QED) is 0.846. The van der Waals surface area contributed by atoms with Crippen molar-refractivity contribution < 1.29 is 4.79 Å². The maximum Gasteiger partial charge on any atom is 0.221 e. The molecule has 0 aliphatic heterocycles. The van der Waals surface area contributed by atoms with Crippen LogP contribution >= 0.6 is 27.3 Å². The van der Waals surface area contributed by atoms with Crippen LogP contribution in [0, 0.1) is 0 Å². The van der Waals surface area contributed by atoms with Crippen LogP contribution in [-0.4, -0.2) is 18.5 Å². The number of halogens is 1. The lowest BCUT2D eigenvalue weighted by Gasteiger charge is -2.12. The van der Waals surface area contributed by atoms with E-state index in [2.05, 4.69) is 39.6 Å². The van der Waals surface area contributed by atoms with Gasteiger partial charge >= 0.3 is 0 Å². The van der Waals surface area contributed by atoms with Crippen molar-refractivity contribution in [2.45, 2.75) is 39.3 Å². The number of hydrogen-bond acceptors (Lipinski definition) is 3. The van der Waals surface area contributed by atoms with Crippen molar-refractivity contribution in [2.24, 2.45) is 0 Å². The maximum absolute atomic E-state index is 11.4. The molecule has 1 rings (SSSR count). The van der Waals surface area contributed by atoms with Gasteiger partial charge in [-0.3, -0.25) is 4.79 Å². The molecule has 5 heteroatoms. The highest BCUT2D eigenvalue weighted by Crippen LogP contribution is 2.26. The molecule has 1 aromatic rings. The standard InChI is InChI=1S/C12H19BrN2OS/c1-8(2)15-12(16)6-7-14-9(3)10-4-5-11(13)17-10/h4-5,8-9,14H,6-7H2,1-3H3,(H,15,16). The summed E-state index contributed by atoms with van der Waals surface area (Å²) in [6, 6.07) is 4.65. The molecule has 3 nitrogen and oxygen atoms in total. The summed E-state index contributed by atoms with van der Waals surface area (Å²) in [6.07, 6.45) is 0.523. The largest absolute Gasteiger partial charge is 0.354 e. The molecule has 1 unspecified atom stereocenters. The second-order valence-corrected chi connectivity index (χ2v) is 6.78. The van der Waals surface area contributed by atoms with E-state index in [0.717, 1.165) is 3.79 Å². The van der Waals surface area contributed by atoms with E-state index in [9.17, 15) is 4.79 Å². The lowest BCUT2D eigenvalue weighted by Crippen LogP contribution is -2.33. The molecule has 1 aromatic heterocycles. The van der Waals surface area contributed by atoms with Crippen LogP contribution in [0.5, 0.6) is 0 Å². The third-order valence-corrected chi connectivity index (χ3v) is 4.08. The summed E-state index contributed by atoms with van der Waals surface area (Å²) in [5.74, 6) is 0.104. The normalized spacial score (nSPS) is 12.8. The van der Waals surface area contributed by atoms with Gasteiger partial charge in [-0.05, 0) is 48.8 Å². The zero-order chi connectivity index (χ0) is 12.8. The fourth-order valence-corrected chi connectivity index (χ4v) is 2.91. The van der Waals surface area contributed by atoms with Crippen LogP contribution in [0.2, 0.25) is 0 Å². The third kappa shape index (κ3) is 5.66. The highest BCUT2D eigenvalue weighted by molar-refractivity contribution is 9.11. The minimum atomic E-state index is 0.104. The summed E-state index contributed by atoms with van der Waals surface area (Å²) >= 11 is 5.16. The van der Waals surface area contributed by atoms with E-state index < -0.39 is 0 Å². The van der Waals surface area contributed by atoms with Gasteiger partial charge in [0, 0.05) is 29.9 Å². The van der Waals surface area contributed by atoms with Crippen molar-refractivity contribution in [1.29, 1.82) is 0 Å². The first kappa shape index (κ1) is 14.7. The van der Waals surface area contributed by atoms with E-state index in [1.54, 1.807) is 11.3 Å². The fourth-order valence-electron chi connectivity index (χ4n) is 1.46. The Labute approximate surface area is 115 Å². The molecule has 17 heavy (non-hydrogen) atoms. The van der Waals surface area contributed by atoms with Gasteiger partial charge in [0.2, 0.25) is 5.91 Å². The summed E-state index contributed by atoms with van der Waals surface area (Å²) in [4.78, 5) is 12.7. The zero-order valence-electron chi connectivity index (χ0n) is 10.4. The number of rotatable bonds is 6. The molecule has 0 aromatic carbocycles. The van der Waals surface area contributed by atoms with Crippen LogP contribution in [0.4, 0.5) is 0 Å². The van der Waals surface area contributed by atoms with Crippen LogP contribution in [-0.2, 0) is 4.79 Å². The van der Waals surface area contributed by atoms with Crippen molar-refractivity contribution in [3.8, 4) is 0 Å². The molecular weight excluding hydrogens is 300 g/mol. The number of hydrogen-bond donors (Lipinski definition) is 2. The van der Waals surface area contributed by atoms with E-state index >= 15 is 0 Å². The molecule has 2 N–H and O–H groups in total. The van der Waals surface area contributed by atoms with Crippen LogP contribution in [0.1, 0.15) is 38.1 Å². The van der Waals surface area contributed by atoms with E-state index in [-0.39, 0.29) is 18.0 Å². The van der Waals surface area contributed by atoms with Crippen molar-refractivity contribution in [1.82, 2.24) is 10.6 Å². The van der Waals surface area contributed by atoms with E-state index in [1.165, 1.54) is 4.88 Å². The van der Waals surface area contributed by atoms with Crippen LogP contribution < -0.4 is 10.6 Å². The molecule has 0 saturated heterocycles. The topological polar surface area (TPSA) is 41.1 Å². The first-order chi connectivity index (χ1) is 7.99. The summed E-state index contributed by atoms with van der Waals surface area (Å²) in [6.45, 7) is 6.75. The number of nitrogens with one attached hydrogen (secondary N) is 2. The Morgan fingerprint density at radius 3 is 2.65 bits per heavy atom. The highest BCUT2D eigenvalue weighted by Gasteiger charge is 2.08. The second-order valence-electron chi connectivity index (χ2n) is 4.29. The first-order valence-corrected chi connectivity index (χ1v) is 7.38. The molecule has 0 saturated carbocycles. The Bertz CT molecular complexity index is 365. The summed E-state index contributed by atoms with van der Waals surface area (Å²) in [7, 11) is 0. The molecule has 96 valence electrons. The molecule has 0 radical (unpaired) electrons. The maximum atomic E-state index is 11.4. The first-order valence-electron chi connectivity index (χ1n) is 5.77. The third-order valence-electron chi connectivity index (χ3n) is 2.27. The minimum Gasteiger partial charge on any atom is -0.354 e. The zero-order valence-corrected chi connectivity index (χ0v) is 12.8. The predicted octanol–water partition coefficient (Wildman–Crippen LogP) is 3.08. The van der Waals surface area contributed by atoms with E-state index in [1.807, 2.05) is 19.9 Å². The van der Waals surface area contributed by atoms with Gasteiger partial charge in [-0.15, -0.1) is 11.3 Å². The molecule has 1 heterocycles. The minimum absolute atomic E-state index is 0.104. The van der Waals surface area contributed by atoms with Gasteiger partial charge in [0.25, 0.3) is 0 Å². The molecule has 0 bridgehead atoms. The van der Waals surface area contributed by atoms with E-state index in [0.29, 0.717) is 13.0 Å². The Kier molecular flexibility index (Phi) is 6.16. The molecular formula is C12H19BrN2OS. The second kappa shape index (κ2) is 7.13. The van der Waals surface area contributed by atoms with Gasteiger partial charge in [-0.2, -0.15) is 0 Å². The van der Waals surface area contributed by atoms with Gasteiger partial charge in [-0.1, -0.05) is 0 Å². The summed E-state index contributed by atoms with van der Waals surface area (Å²) in [5.41, 5.74) is 0. The van der Waals surface area contributed by atoms with Crippen molar-refractivity contribution >= 4 is 33.2 Å². The Hall–Kier alpha value is -0.390. The highest BCUT2D eigenvalue weighted by atomic mass is 79.9. The molecule has 0 aliphatic rings. The van der Waals surface area contributed by atoms with Crippen LogP contribution in [0.15, 0.2) is 15.9 Å². The molecule has 1 amide bonds. The van der Waals surface area contributed by atoms with Gasteiger partial charge < -0.3 is 10.6 Å². The number of amides is 1. The molecule has 0 fully saturated rings. The Balaban J connectivity index is 2.25. The number of thiophene rings is 1. The van der Waals surface area contributed by atoms with Crippen molar-refractivity contribution in [3.05, 3.63) is 20.8 Å². The smallest absolute Gasteiger partial charge is 0.221 e. The van der Waals surface area contributed by atoms with Gasteiger partial charge in [0.1, 0.15) is 0 Å². The van der Waals surface area contributed by atoms with E-state index in [4.69, 9.17) is 0 Å². The lowest BCUT2D eigenvalue weighted by atomic mass is 10.2. The van der Waals surface area contributed by atoms with Gasteiger partial charge in [-0.25, -0.2) is 0 Å². The average Bonchev–Trinajstić information content (AvgIpc) is 2.63.